The normalized spacial score (nSPS) is 19.0. The molecule has 0 radical (unpaired) electrons. The fourth-order valence-corrected chi connectivity index (χ4v) is 3.22. The van der Waals surface area contributed by atoms with Crippen LogP contribution < -0.4 is 5.32 Å². The lowest BCUT2D eigenvalue weighted by molar-refractivity contribution is -0.139. The molecule has 1 N–H and O–H groups in total. The molecule has 0 aromatic heterocycles. The van der Waals surface area contributed by atoms with Gasteiger partial charge in [-0.2, -0.15) is 0 Å². The number of likely N-dealkylation sites (tertiary alicyclic amines) is 1. The number of halogens is 1. The standard InChI is InChI=1S/C19H27FN2O2/c1-3-21-18(23)16-7-5-11-22(13-16)19(24)14(2)9-10-15-6-4-8-17(20)12-15/h4,6,8,12,14,16H,3,5,7,9-11,13H2,1-2H3,(H,21,23)/t14-,16+/m1/s1. The number of carbonyl (C=O) groups is 2. The van der Waals surface area contributed by atoms with Gasteiger partial charge in [0.1, 0.15) is 5.82 Å². The molecule has 1 aliphatic heterocycles. The van der Waals surface area contributed by atoms with E-state index < -0.39 is 0 Å². The number of benzene rings is 1. The molecule has 24 heavy (non-hydrogen) atoms. The fourth-order valence-electron chi connectivity index (χ4n) is 3.22. The van der Waals surface area contributed by atoms with Crippen LogP contribution in [-0.2, 0) is 16.0 Å². The topological polar surface area (TPSA) is 49.4 Å². The van der Waals surface area contributed by atoms with Crippen molar-refractivity contribution >= 4 is 11.8 Å². The molecule has 132 valence electrons. The van der Waals surface area contributed by atoms with Crippen LogP contribution in [0.3, 0.4) is 0 Å². The highest BCUT2D eigenvalue weighted by molar-refractivity contribution is 5.82. The second kappa shape index (κ2) is 8.81. The van der Waals surface area contributed by atoms with E-state index in [9.17, 15) is 14.0 Å². The lowest BCUT2D eigenvalue weighted by Crippen LogP contribution is -2.47. The molecule has 1 heterocycles. The van der Waals surface area contributed by atoms with Crippen molar-refractivity contribution in [3.05, 3.63) is 35.6 Å². The summed E-state index contributed by atoms with van der Waals surface area (Å²) in [5.74, 6) is -0.325. The van der Waals surface area contributed by atoms with Crippen molar-refractivity contribution < 1.29 is 14.0 Å². The molecule has 4 nitrogen and oxygen atoms in total. The van der Waals surface area contributed by atoms with E-state index in [0.717, 1.165) is 24.9 Å². The van der Waals surface area contributed by atoms with Crippen molar-refractivity contribution in [1.29, 1.82) is 0 Å². The molecule has 1 saturated heterocycles. The first-order valence-corrected chi connectivity index (χ1v) is 8.82. The first-order chi connectivity index (χ1) is 11.5. The Morgan fingerprint density at radius 1 is 1.42 bits per heavy atom. The van der Waals surface area contributed by atoms with Crippen LogP contribution in [0.25, 0.3) is 0 Å². The number of hydrogen-bond acceptors (Lipinski definition) is 2. The Labute approximate surface area is 143 Å². The van der Waals surface area contributed by atoms with E-state index in [-0.39, 0.29) is 29.5 Å². The third-order valence-electron chi connectivity index (χ3n) is 4.63. The van der Waals surface area contributed by atoms with E-state index in [0.29, 0.717) is 25.9 Å². The summed E-state index contributed by atoms with van der Waals surface area (Å²) in [7, 11) is 0. The molecule has 1 aliphatic rings. The van der Waals surface area contributed by atoms with Gasteiger partial charge >= 0.3 is 0 Å². The molecule has 0 spiro atoms. The van der Waals surface area contributed by atoms with Gasteiger partial charge in [0.25, 0.3) is 0 Å². The quantitative estimate of drug-likeness (QED) is 0.870. The van der Waals surface area contributed by atoms with E-state index in [1.54, 1.807) is 6.07 Å². The lowest BCUT2D eigenvalue weighted by atomic mass is 9.94. The number of nitrogens with one attached hydrogen (secondary N) is 1. The van der Waals surface area contributed by atoms with E-state index >= 15 is 0 Å². The predicted octanol–water partition coefficient (Wildman–Crippen LogP) is 2.77. The van der Waals surface area contributed by atoms with Crippen LogP contribution in [0.4, 0.5) is 4.39 Å². The minimum absolute atomic E-state index is 0.0439. The van der Waals surface area contributed by atoms with Crippen LogP contribution in [0.1, 0.15) is 38.7 Å². The second-order valence-electron chi connectivity index (χ2n) is 6.59. The highest BCUT2D eigenvalue weighted by Crippen LogP contribution is 2.20. The first kappa shape index (κ1) is 18.4. The zero-order chi connectivity index (χ0) is 17.5. The van der Waals surface area contributed by atoms with Crippen molar-refractivity contribution in [2.45, 2.75) is 39.5 Å². The molecule has 0 aliphatic carbocycles. The van der Waals surface area contributed by atoms with Gasteiger partial charge < -0.3 is 10.2 Å². The first-order valence-electron chi connectivity index (χ1n) is 8.82. The fraction of sp³-hybridized carbons (Fsp3) is 0.579. The van der Waals surface area contributed by atoms with Crippen LogP contribution in [0, 0.1) is 17.7 Å². The maximum absolute atomic E-state index is 13.2. The smallest absolute Gasteiger partial charge is 0.225 e. The largest absolute Gasteiger partial charge is 0.356 e. The van der Waals surface area contributed by atoms with Crippen LogP contribution in [0.5, 0.6) is 0 Å². The number of aryl methyl sites for hydroxylation is 1. The SMILES string of the molecule is CCNC(=O)[C@H]1CCCN(C(=O)[C@H](C)CCc2cccc(F)c2)C1. The zero-order valence-electron chi connectivity index (χ0n) is 14.6. The van der Waals surface area contributed by atoms with Gasteiger partial charge in [0.15, 0.2) is 0 Å². The summed E-state index contributed by atoms with van der Waals surface area (Å²) in [6.45, 7) is 5.66. The van der Waals surface area contributed by atoms with Gasteiger partial charge in [-0.1, -0.05) is 19.1 Å². The minimum atomic E-state index is -0.243. The maximum Gasteiger partial charge on any atom is 0.225 e. The monoisotopic (exact) mass is 334 g/mol. The Morgan fingerprint density at radius 2 is 2.21 bits per heavy atom. The van der Waals surface area contributed by atoms with Crippen LogP contribution >= 0.6 is 0 Å². The van der Waals surface area contributed by atoms with E-state index in [1.807, 2.05) is 24.8 Å². The summed E-state index contributed by atoms with van der Waals surface area (Å²) in [4.78, 5) is 26.4. The molecule has 0 unspecified atom stereocenters. The molecular weight excluding hydrogens is 307 g/mol. The van der Waals surface area contributed by atoms with Crippen molar-refractivity contribution in [2.75, 3.05) is 19.6 Å². The number of hydrogen-bond donors (Lipinski definition) is 1. The molecule has 1 aromatic carbocycles. The van der Waals surface area contributed by atoms with Gasteiger partial charge in [0.2, 0.25) is 11.8 Å². The molecular formula is C19H27FN2O2. The molecule has 0 bridgehead atoms. The third-order valence-corrected chi connectivity index (χ3v) is 4.63. The van der Waals surface area contributed by atoms with E-state index in [2.05, 4.69) is 5.32 Å². The Bertz CT molecular complexity index is 576. The Kier molecular flexibility index (Phi) is 6.76. The summed E-state index contributed by atoms with van der Waals surface area (Å²) < 4.78 is 13.2. The summed E-state index contributed by atoms with van der Waals surface area (Å²) in [5.41, 5.74) is 0.911. The van der Waals surface area contributed by atoms with Crippen molar-refractivity contribution in [1.82, 2.24) is 10.2 Å². The number of piperidine rings is 1. The average Bonchev–Trinajstić information content (AvgIpc) is 2.59. The highest BCUT2D eigenvalue weighted by atomic mass is 19.1. The summed E-state index contributed by atoms with van der Waals surface area (Å²) in [5, 5.41) is 2.84. The number of rotatable bonds is 6. The minimum Gasteiger partial charge on any atom is -0.356 e. The molecule has 5 heteroatoms. The van der Waals surface area contributed by atoms with Gasteiger partial charge in [-0.15, -0.1) is 0 Å². The second-order valence-corrected chi connectivity index (χ2v) is 6.59. The van der Waals surface area contributed by atoms with Crippen molar-refractivity contribution in [2.24, 2.45) is 11.8 Å². The Morgan fingerprint density at radius 3 is 2.92 bits per heavy atom. The predicted molar refractivity (Wildman–Crippen MR) is 91.9 cm³/mol. The average molecular weight is 334 g/mol. The highest BCUT2D eigenvalue weighted by Gasteiger charge is 2.29. The zero-order valence-corrected chi connectivity index (χ0v) is 14.6. The van der Waals surface area contributed by atoms with Gasteiger partial charge in [-0.25, -0.2) is 4.39 Å². The maximum atomic E-state index is 13.2. The Hall–Kier alpha value is -1.91. The number of nitrogens with zero attached hydrogens (tertiary/aromatic N) is 1. The summed E-state index contributed by atoms with van der Waals surface area (Å²) >= 11 is 0. The van der Waals surface area contributed by atoms with Crippen molar-refractivity contribution in [3.63, 3.8) is 0 Å². The van der Waals surface area contributed by atoms with Crippen LogP contribution in [0.2, 0.25) is 0 Å². The molecule has 1 aromatic rings. The van der Waals surface area contributed by atoms with Gasteiger partial charge in [-0.05, 0) is 50.3 Å². The molecule has 0 saturated carbocycles. The molecule has 1 fully saturated rings. The van der Waals surface area contributed by atoms with Gasteiger partial charge in [0.05, 0.1) is 5.92 Å². The van der Waals surface area contributed by atoms with Crippen LogP contribution in [0.15, 0.2) is 24.3 Å². The van der Waals surface area contributed by atoms with E-state index in [4.69, 9.17) is 0 Å². The van der Waals surface area contributed by atoms with Gasteiger partial charge in [-0.3, -0.25) is 9.59 Å². The van der Waals surface area contributed by atoms with Gasteiger partial charge in [0, 0.05) is 25.6 Å². The third kappa shape index (κ3) is 5.05. The number of amides is 2. The van der Waals surface area contributed by atoms with Crippen LogP contribution in [-0.4, -0.2) is 36.3 Å². The Balaban J connectivity index is 1.86. The summed E-state index contributed by atoms with van der Waals surface area (Å²) in [6.07, 6.45) is 3.07. The lowest BCUT2D eigenvalue weighted by Gasteiger charge is -2.33. The van der Waals surface area contributed by atoms with E-state index in [1.165, 1.54) is 12.1 Å². The molecule has 2 rings (SSSR count). The molecule has 2 atom stereocenters. The molecule has 2 amide bonds. The summed E-state index contributed by atoms with van der Waals surface area (Å²) in [6, 6.07) is 6.52. The number of carbonyl (C=O) groups excluding carboxylic acids is 2. The van der Waals surface area contributed by atoms with Crippen molar-refractivity contribution in [3.8, 4) is 0 Å².